The Morgan fingerprint density at radius 2 is 2.23 bits per heavy atom. The third kappa shape index (κ3) is 2.51. The van der Waals surface area contributed by atoms with Crippen LogP contribution in [0.15, 0.2) is 48.4 Å². The number of hydrogen-bond donors (Lipinski definition) is 2. The zero-order chi connectivity index (χ0) is 18.1. The van der Waals surface area contributed by atoms with Crippen molar-refractivity contribution in [2.24, 2.45) is 5.73 Å². The fourth-order valence-electron chi connectivity index (χ4n) is 3.06. The van der Waals surface area contributed by atoms with Crippen molar-refractivity contribution in [3.63, 3.8) is 0 Å². The van der Waals surface area contributed by atoms with Crippen LogP contribution < -0.4 is 5.73 Å². The fraction of sp³-hybridized carbons (Fsp3) is 0.0556. The van der Waals surface area contributed by atoms with Crippen LogP contribution in [-0.2, 0) is 4.79 Å². The molecule has 0 spiro atoms. The predicted octanol–water partition coefficient (Wildman–Crippen LogP) is 2.57. The molecule has 1 aromatic carbocycles. The van der Waals surface area contributed by atoms with Crippen LogP contribution in [0.1, 0.15) is 21.9 Å². The SMILES string of the molecule is N#Cc1csc(C(C(N)=O)c2cccc3cnccc23)c1-c1ncn[nH]1. The Balaban J connectivity index is 1.99. The van der Waals surface area contributed by atoms with E-state index in [0.29, 0.717) is 21.8 Å². The summed E-state index contributed by atoms with van der Waals surface area (Å²) in [5.74, 6) is -0.777. The summed E-state index contributed by atoms with van der Waals surface area (Å²) in [6.45, 7) is 0. The van der Waals surface area contributed by atoms with E-state index in [1.165, 1.54) is 17.7 Å². The molecule has 4 aromatic rings. The number of nitrogens with one attached hydrogen (secondary N) is 1. The molecule has 3 heterocycles. The van der Waals surface area contributed by atoms with Gasteiger partial charge in [0.2, 0.25) is 5.91 Å². The normalized spacial score (nSPS) is 12.0. The van der Waals surface area contributed by atoms with Gasteiger partial charge in [0.15, 0.2) is 5.82 Å². The highest BCUT2D eigenvalue weighted by Crippen LogP contribution is 2.40. The van der Waals surface area contributed by atoms with Crippen LogP contribution in [0, 0.1) is 11.3 Å². The molecule has 1 atom stereocenters. The maximum Gasteiger partial charge on any atom is 0.230 e. The number of amides is 1. The Labute approximate surface area is 152 Å². The smallest absolute Gasteiger partial charge is 0.230 e. The van der Waals surface area contributed by atoms with Crippen LogP contribution in [0.4, 0.5) is 0 Å². The minimum Gasteiger partial charge on any atom is -0.369 e. The summed E-state index contributed by atoms with van der Waals surface area (Å²) in [5.41, 5.74) is 7.54. The van der Waals surface area contributed by atoms with E-state index < -0.39 is 11.8 Å². The molecule has 0 saturated heterocycles. The molecular weight excluding hydrogens is 348 g/mol. The zero-order valence-electron chi connectivity index (χ0n) is 13.4. The van der Waals surface area contributed by atoms with E-state index in [1.54, 1.807) is 17.8 Å². The van der Waals surface area contributed by atoms with Crippen molar-refractivity contribution in [2.75, 3.05) is 0 Å². The maximum absolute atomic E-state index is 12.4. The van der Waals surface area contributed by atoms with E-state index in [-0.39, 0.29) is 0 Å². The van der Waals surface area contributed by atoms with Gasteiger partial charge in [-0.1, -0.05) is 18.2 Å². The lowest BCUT2D eigenvalue weighted by Gasteiger charge is -2.16. The molecule has 1 unspecified atom stereocenters. The number of carbonyl (C=O) groups is 1. The van der Waals surface area contributed by atoms with Crippen molar-refractivity contribution in [1.82, 2.24) is 20.2 Å². The van der Waals surface area contributed by atoms with Crippen LogP contribution in [0.25, 0.3) is 22.2 Å². The van der Waals surface area contributed by atoms with Crippen molar-refractivity contribution in [1.29, 1.82) is 5.26 Å². The van der Waals surface area contributed by atoms with Crippen molar-refractivity contribution < 1.29 is 4.79 Å². The molecule has 26 heavy (non-hydrogen) atoms. The number of rotatable bonds is 4. The van der Waals surface area contributed by atoms with Gasteiger partial charge in [0.05, 0.1) is 17.0 Å². The van der Waals surface area contributed by atoms with Crippen LogP contribution in [0.3, 0.4) is 0 Å². The number of hydrogen-bond acceptors (Lipinski definition) is 6. The van der Waals surface area contributed by atoms with Crippen molar-refractivity contribution in [3.8, 4) is 17.5 Å². The molecule has 0 aliphatic rings. The molecule has 0 radical (unpaired) electrons. The van der Waals surface area contributed by atoms with Crippen LogP contribution >= 0.6 is 11.3 Å². The summed E-state index contributed by atoms with van der Waals surface area (Å²) in [5, 5.41) is 19.6. The molecule has 3 N–H and O–H groups in total. The molecule has 0 aliphatic carbocycles. The Kier molecular flexibility index (Phi) is 3.91. The summed E-state index contributed by atoms with van der Waals surface area (Å²) in [4.78, 5) is 21.4. The number of nitrogens with zero attached hydrogens (tertiary/aromatic N) is 4. The number of primary amides is 1. The number of benzene rings is 1. The van der Waals surface area contributed by atoms with Crippen LogP contribution in [0.2, 0.25) is 0 Å². The molecule has 0 saturated carbocycles. The average molecular weight is 360 g/mol. The van der Waals surface area contributed by atoms with Gasteiger partial charge in [-0.3, -0.25) is 14.9 Å². The molecule has 126 valence electrons. The number of aromatic nitrogens is 4. The number of H-pyrrole nitrogens is 1. The highest BCUT2D eigenvalue weighted by molar-refractivity contribution is 7.11. The molecule has 0 fully saturated rings. The third-order valence-corrected chi connectivity index (χ3v) is 5.21. The number of carbonyl (C=O) groups excluding carboxylic acids is 1. The Bertz CT molecular complexity index is 1140. The summed E-state index contributed by atoms with van der Waals surface area (Å²) in [6, 6.07) is 9.66. The first kappa shape index (κ1) is 15.9. The Hall–Kier alpha value is -3.57. The average Bonchev–Trinajstić information content (AvgIpc) is 3.31. The lowest BCUT2D eigenvalue weighted by molar-refractivity contribution is -0.118. The van der Waals surface area contributed by atoms with E-state index in [1.807, 2.05) is 24.3 Å². The van der Waals surface area contributed by atoms with E-state index in [9.17, 15) is 10.1 Å². The quantitative estimate of drug-likeness (QED) is 0.579. The van der Waals surface area contributed by atoms with Gasteiger partial charge in [-0.2, -0.15) is 10.4 Å². The second kappa shape index (κ2) is 6.38. The molecule has 1 amide bonds. The number of nitrogens with two attached hydrogens (primary N) is 1. The van der Waals surface area contributed by atoms with E-state index in [0.717, 1.165) is 16.3 Å². The van der Waals surface area contributed by atoms with Gasteiger partial charge >= 0.3 is 0 Å². The molecule has 7 nitrogen and oxygen atoms in total. The van der Waals surface area contributed by atoms with Crippen molar-refractivity contribution >= 4 is 28.0 Å². The van der Waals surface area contributed by atoms with Crippen LogP contribution in [-0.4, -0.2) is 26.1 Å². The van der Waals surface area contributed by atoms with Gasteiger partial charge in [0.25, 0.3) is 0 Å². The zero-order valence-corrected chi connectivity index (χ0v) is 14.2. The first-order chi connectivity index (χ1) is 12.7. The number of thiophene rings is 1. The summed E-state index contributed by atoms with van der Waals surface area (Å²) < 4.78 is 0. The monoisotopic (exact) mass is 360 g/mol. The van der Waals surface area contributed by atoms with Crippen LogP contribution in [0.5, 0.6) is 0 Å². The van der Waals surface area contributed by atoms with Crippen molar-refractivity contribution in [2.45, 2.75) is 5.92 Å². The molecule has 3 aromatic heterocycles. The second-order valence-electron chi connectivity index (χ2n) is 5.61. The summed E-state index contributed by atoms with van der Waals surface area (Å²) in [6.07, 6.45) is 4.78. The lowest BCUT2D eigenvalue weighted by atomic mass is 9.90. The third-order valence-electron chi connectivity index (χ3n) is 4.16. The Morgan fingerprint density at radius 3 is 2.96 bits per heavy atom. The fourth-order valence-corrected chi connectivity index (χ4v) is 4.18. The topological polar surface area (TPSA) is 121 Å². The first-order valence-corrected chi connectivity index (χ1v) is 8.58. The highest BCUT2D eigenvalue weighted by atomic mass is 32.1. The Morgan fingerprint density at radius 1 is 1.35 bits per heavy atom. The molecule has 4 rings (SSSR count). The van der Waals surface area contributed by atoms with E-state index >= 15 is 0 Å². The molecule has 0 aliphatic heterocycles. The molecule has 0 bridgehead atoms. The summed E-state index contributed by atoms with van der Waals surface area (Å²) >= 11 is 1.31. The van der Waals surface area contributed by atoms with E-state index in [2.05, 4.69) is 26.2 Å². The lowest BCUT2D eigenvalue weighted by Crippen LogP contribution is -2.22. The number of aromatic amines is 1. The largest absolute Gasteiger partial charge is 0.369 e. The second-order valence-corrected chi connectivity index (χ2v) is 6.53. The van der Waals surface area contributed by atoms with Crippen molar-refractivity contribution in [3.05, 3.63) is 64.4 Å². The van der Waals surface area contributed by atoms with Gasteiger partial charge in [-0.25, -0.2) is 4.98 Å². The highest BCUT2D eigenvalue weighted by Gasteiger charge is 2.29. The van der Waals surface area contributed by atoms with E-state index in [4.69, 9.17) is 5.73 Å². The van der Waals surface area contributed by atoms with Gasteiger partial charge in [0, 0.05) is 28.0 Å². The number of nitriles is 1. The number of pyridine rings is 1. The summed E-state index contributed by atoms with van der Waals surface area (Å²) in [7, 11) is 0. The minimum atomic E-state index is -0.715. The molecular formula is C18H12N6OS. The predicted molar refractivity (Wildman–Crippen MR) is 97.2 cm³/mol. The standard InChI is InChI=1S/C18H12N6OS/c19-6-11-8-26-16(14(11)18-22-9-23-24-18)15(17(20)25)13-3-1-2-10-7-21-5-4-12(10)13/h1-5,7-9,15H,(H2,20,25)(H,22,23,24). The number of fused-ring (bicyclic) bond motifs is 1. The maximum atomic E-state index is 12.4. The first-order valence-electron chi connectivity index (χ1n) is 7.70. The van der Waals surface area contributed by atoms with Gasteiger partial charge in [-0.15, -0.1) is 11.3 Å². The minimum absolute atomic E-state index is 0.426. The van der Waals surface area contributed by atoms with Gasteiger partial charge < -0.3 is 5.73 Å². The van der Waals surface area contributed by atoms with Gasteiger partial charge in [0.1, 0.15) is 12.4 Å². The van der Waals surface area contributed by atoms with Gasteiger partial charge in [-0.05, 0) is 17.0 Å². The molecule has 8 heteroatoms.